The molecule has 0 aromatic heterocycles. The van der Waals surface area contributed by atoms with E-state index >= 15 is 0 Å². The van der Waals surface area contributed by atoms with E-state index in [2.05, 4.69) is 15.9 Å². The molecule has 0 radical (unpaired) electrons. The number of carbonyl (C=O) groups excluding carboxylic acids is 1. The molecule has 20 heavy (non-hydrogen) atoms. The number of amides is 1. The van der Waals surface area contributed by atoms with E-state index < -0.39 is 5.82 Å². The van der Waals surface area contributed by atoms with E-state index in [1.165, 1.54) is 12.1 Å². The van der Waals surface area contributed by atoms with E-state index in [0.717, 1.165) is 11.3 Å². The lowest BCUT2D eigenvalue weighted by molar-refractivity contribution is 0.0984. The zero-order chi connectivity index (χ0) is 14.7. The van der Waals surface area contributed by atoms with Crippen LogP contribution in [0.25, 0.3) is 0 Å². The second-order valence-electron chi connectivity index (χ2n) is 4.51. The topological polar surface area (TPSA) is 20.3 Å². The molecule has 0 unspecified atom stereocenters. The number of rotatable bonds is 3. The Morgan fingerprint density at radius 1 is 1.25 bits per heavy atom. The molecule has 0 heterocycles. The van der Waals surface area contributed by atoms with Gasteiger partial charge in [0.25, 0.3) is 5.91 Å². The highest BCUT2D eigenvalue weighted by atomic mass is 79.9. The fraction of sp³-hybridized carbons (Fsp3) is 0.188. The maximum Gasteiger partial charge on any atom is 0.261 e. The highest BCUT2D eigenvalue weighted by molar-refractivity contribution is 9.10. The molecule has 0 saturated carbocycles. The van der Waals surface area contributed by atoms with Crippen molar-refractivity contribution in [1.29, 1.82) is 0 Å². The highest BCUT2D eigenvalue weighted by Crippen LogP contribution is 2.21. The highest BCUT2D eigenvalue weighted by Gasteiger charge is 2.19. The first-order chi connectivity index (χ1) is 9.52. The van der Waals surface area contributed by atoms with Crippen LogP contribution in [0.1, 0.15) is 22.8 Å². The number of nitrogens with zero attached hydrogens (tertiary/aromatic N) is 1. The summed E-state index contributed by atoms with van der Waals surface area (Å²) in [4.78, 5) is 14.1. The van der Waals surface area contributed by atoms with E-state index in [1.807, 2.05) is 38.1 Å². The van der Waals surface area contributed by atoms with Gasteiger partial charge in [0.1, 0.15) is 5.82 Å². The molecule has 0 bridgehead atoms. The number of anilines is 1. The minimum Gasteiger partial charge on any atom is -0.309 e. The summed E-state index contributed by atoms with van der Waals surface area (Å²) < 4.78 is 14.5. The van der Waals surface area contributed by atoms with Gasteiger partial charge >= 0.3 is 0 Å². The third-order valence-corrected chi connectivity index (χ3v) is 3.53. The zero-order valence-electron chi connectivity index (χ0n) is 11.4. The van der Waals surface area contributed by atoms with E-state index in [1.54, 1.807) is 11.0 Å². The lowest BCUT2D eigenvalue weighted by atomic mass is 10.1. The number of aryl methyl sites for hydroxylation is 1. The van der Waals surface area contributed by atoms with Gasteiger partial charge in [0.2, 0.25) is 0 Å². The van der Waals surface area contributed by atoms with Crippen LogP contribution in [0.4, 0.5) is 10.1 Å². The molecular formula is C16H15BrFNO. The Balaban J connectivity index is 2.39. The Hall–Kier alpha value is -1.68. The third-order valence-electron chi connectivity index (χ3n) is 3.04. The Bertz CT molecular complexity index is 642. The van der Waals surface area contributed by atoms with Crippen LogP contribution in [-0.4, -0.2) is 12.5 Å². The maximum atomic E-state index is 13.9. The van der Waals surface area contributed by atoms with E-state index in [9.17, 15) is 9.18 Å². The molecule has 2 nitrogen and oxygen atoms in total. The summed E-state index contributed by atoms with van der Waals surface area (Å²) in [5.41, 5.74) is 1.92. The Kier molecular flexibility index (Phi) is 4.55. The zero-order valence-corrected chi connectivity index (χ0v) is 12.9. The molecule has 0 saturated heterocycles. The maximum absolute atomic E-state index is 13.9. The van der Waals surface area contributed by atoms with Gasteiger partial charge in [0.05, 0.1) is 5.56 Å². The minimum absolute atomic E-state index is 0.0801. The van der Waals surface area contributed by atoms with E-state index in [-0.39, 0.29) is 11.5 Å². The summed E-state index contributed by atoms with van der Waals surface area (Å²) in [6, 6.07) is 12.1. The lowest BCUT2D eigenvalue weighted by Crippen LogP contribution is -2.31. The molecule has 2 aromatic rings. The summed E-state index contributed by atoms with van der Waals surface area (Å²) in [6.07, 6.45) is 0. The smallest absolute Gasteiger partial charge is 0.261 e. The van der Waals surface area contributed by atoms with Gasteiger partial charge in [-0.15, -0.1) is 0 Å². The normalized spacial score (nSPS) is 10.4. The van der Waals surface area contributed by atoms with E-state index in [0.29, 0.717) is 11.0 Å². The molecule has 0 N–H and O–H groups in total. The fourth-order valence-electron chi connectivity index (χ4n) is 2.05. The van der Waals surface area contributed by atoms with Gasteiger partial charge < -0.3 is 4.90 Å². The van der Waals surface area contributed by atoms with Gasteiger partial charge in [0, 0.05) is 16.7 Å². The molecule has 2 rings (SSSR count). The minimum atomic E-state index is -0.518. The molecule has 1 amide bonds. The fourth-order valence-corrected chi connectivity index (χ4v) is 2.38. The SMILES string of the molecule is CCN(C(=O)c1ccc(Br)cc1F)c1cccc(C)c1. The molecule has 2 aromatic carbocycles. The van der Waals surface area contributed by atoms with Crippen molar-refractivity contribution in [3.63, 3.8) is 0 Å². The monoisotopic (exact) mass is 335 g/mol. The molecule has 0 aliphatic rings. The molecule has 104 valence electrons. The summed E-state index contributed by atoms with van der Waals surface area (Å²) in [5, 5.41) is 0. The molecule has 0 atom stereocenters. The second kappa shape index (κ2) is 6.18. The first-order valence-electron chi connectivity index (χ1n) is 6.36. The van der Waals surface area contributed by atoms with Crippen LogP contribution in [0.3, 0.4) is 0 Å². The van der Waals surface area contributed by atoms with Gasteiger partial charge in [-0.1, -0.05) is 28.1 Å². The van der Waals surface area contributed by atoms with Gasteiger partial charge in [-0.05, 0) is 49.7 Å². The number of carbonyl (C=O) groups is 1. The van der Waals surface area contributed by atoms with Crippen molar-refractivity contribution in [2.24, 2.45) is 0 Å². The predicted molar refractivity (Wildman–Crippen MR) is 82.6 cm³/mol. The molecule has 0 fully saturated rings. The number of benzene rings is 2. The lowest BCUT2D eigenvalue weighted by Gasteiger charge is -2.21. The van der Waals surface area contributed by atoms with Crippen molar-refractivity contribution in [2.45, 2.75) is 13.8 Å². The number of hydrogen-bond donors (Lipinski definition) is 0. The summed E-state index contributed by atoms with van der Waals surface area (Å²) >= 11 is 3.19. The van der Waals surface area contributed by atoms with Crippen LogP contribution < -0.4 is 4.90 Å². The van der Waals surface area contributed by atoms with Crippen LogP contribution in [0.15, 0.2) is 46.9 Å². The Morgan fingerprint density at radius 2 is 2.00 bits per heavy atom. The van der Waals surface area contributed by atoms with Crippen molar-refractivity contribution in [1.82, 2.24) is 0 Å². The Morgan fingerprint density at radius 3 is 2.60 bits per heavy atom. The van der Waals surface area contributed by atoms with Gasteiger partial charge in [0.15, 0.2) is 0 Å². The average molecular weight is 336 g/mol. The summed E-state index contributed by atoms with van der Waals surface area (Å²) in [6.45, 7) is 4.32. The standard InChI is InChI=1S/C16H15BrFNO/c1-3-19(13-6-4-5-11(2)9-13)16(20)14-8-7-12(17)10-15(14)18/h4-10H,3H2,1-2H3. The molecular weight excluding hydrogens is 321 g/mol. The number of halogens is 2. The van der Waals surface area contributed by atoms with Gasteiger partial charge in [-0.25, -0.2) is 4.39 Å². The largest absolute Gasteiger partial charge is 0.309 e. The Labute approximate surface area is 126 Å². The van der Waals surface area contributed by atoms with Crippen LogP contribution in [-0.2, 0) is 0 Å². The predicted octanol–water partition coefficient (Wildman–Crippen LogP) is 4.56. The van der Waals surface area contributed by atoms with Crippen LogP contribution in [0, 0.1) is 12.7 Å². The first-order valence-corrected chi connectivity index (χ1v) is 7.16. The van der Waals surface area contributed by atoms with E-state index in [4.69, 9.17) is 0 Å². The van der Waals surface area contributed by atoms with Crippen molar-refractivity contribution >= 4 is 27.5 Å². The quantitative estimate of drug-likeness (QED) is 0.804. The van der Waals surface area contributed by atoms with Crippen molar-refractivity contribution < 1.29 is 9.18 Å². The van der Waals surface area contributed by atoms with Gasteiger partial charge in [-0.2, -0.15) is 0 Å². The van der Waals surface area contributed by atoms with Crippen molar-refractivity contribution in [2.75, 3.05) is 11.4 Å². The number of hydrogen-bond acceptors (Lipinski definition) is 1. The first kappa shape index (κ1) is 14.7. The van der Waals surface area contributed by atoms with Crippen LogP contribution in [0.2, 0.25) is 0 Å². The van der Waals surface area contributed by atoms with Crippen molar-refractivity contribution in [3.05, 3.63) is 63.9 Å². The molecule has 0 aliphatic carbocycles. The molecule has 4 heteroatoms. The van der Waals surface area contributed by atoms with Crippen LogP contribution in [0.5, 0.6) is 0 Å². The molecule has 0 aliphatic heterocycles. The molecule has 0 spiro atoms. The van der Waals surface area contributed by atoms with Crippen LogP contribution >= 0.6 is 15.9 Å². The van der Waals surface area contributed by atoms with Crippen molar-refractivity contribution in [3.8, 4) is 0 Å². The second-order valence-corrected chi connectivity index (χ2v) is 5.43. The van der Waals surface area contributed by atoms with Gasteiger partial charge in [-0.3, -0.25) is 4.79 Å². The summed E-state index contributed by atoms with van der Waals surface area (Å²) in [5.74, 6) is -0.849. The third kappa shape index (κ3) is 3.07. The average Bonchev–Trinajstić information content (AvgIpc) is 2.39. The summed E-state index contributed by atoms with van der Waals surface area (Å²) in [7, 11) is 0.